The molecule has 0 saturated carbocycles. The van der Waals surface area contributed by atoms with Gasteiger partial charge in [-0.1, -0.05) is 0 Å². The van der Waals surface area contributed by atoms with Gasteiger partial charge in [-0.05, 0) is 12.5 Å². The molecule has 2 aromatic rings. The number of aryl methyl sites for hydroxylation is 1. The summed E-state index contributed by atoms with van der Waals surface area (Å²) in [6.07, 6.45) is 6.33. The minimum Gasteiger partial charge on any atom is -1.00 e. The molecule has 0 aliphatic heterocycles. The molecule has 0 aromatic carbocycles. The number of pyridine rings is 2. The Morgan fingerprint density at radius 1 is 1.22 bits per heavy atom. The molecular weight excluding hydrogens is 274 g/mol. The Morgan fingerprint density at radius 2 is 1.83 bits per heavy atom. The molecule has 0 amide bonds. The molecule has 0 saturated heterocycles. The van der Waals surface area contributed by atoms with Gasteiger partial charge in [0.2, 0.25) is 15.7 Å². The molecule has 0 aliphatic carbocycles. The first-order valence-electron chi connectivity index (χ1n) is 4.93. The van der Waals surface area contributed by atoms with Crippen LogP contribution in [0.2, 0.25) is 0 Å². The fourth-order valence-electron chi connectivity index (χ4n) is 1.47. The van der Waals surface area contributed by atoms with Crippen LogP contribution >= 0.6 is 0 Å². The van der Waals surface area contributed by atoms with Crippen LogP contribution in [0, 0.1) is 6.92 Å². The van der Waals surface area contributed by atoms with Gasteiger partial charge in [-0.2, -0.15) is 4.57 Å². The Labute approximate surface area is 112 Å². The number of hydrogen-bond donors (Lipinski definition) is 1. The van der Waals surface area contributed by atoms with Crippen LogP contribution in [-0.2, 0) is 10.0 Å². The van der Waals surface area contributed by atoms with E-state index in [4.69, 9.17) is 5.14 Å². The summed E-state index contributed by atoms with van der Waals surface area (Å²) in [5, 5.41) is 5.14. The number of nitrogens with two attached hydrogens (primary N) is 1. The van der Waals surface area contributed by atoms with Crippen LogP contribution in [0.4, 0.5) is 0 Å². The fourth-order valence-corrected chi connectivity index (χ4v) is 2.14. The summed E-state index contributed by atoms with van der Waals surface area (Å²) >= 11 is 0. The van der Waals surface area contributed by atoms with Crippen LogP contribution in [0.15, 0.2) is 47.9 Å². The van der Waals surface area contributed by atoms with Crippen molar-refractivity contribution >= 4 is 10.0 Å². The van der Waals surface area contributed by atoms with Crippen molar-refractivity contribution in [3.63, 3.8) is 0 Å². The summed E-state index contributed by atoms with van der Waals surface area (Å²) in [6.45, 7) is 1.96. The molecule has 18 heavy (non-hydrogen) atoms. The Balaban J connectivity index is 0.00000162. The molecule has 2 heterocycles. The highest BCUT2D eigenvalue weighted by molar-refractivity contribution is 7.89. The predicted octanol–water partition coefficient (Wildman–Crippen LogP) is -2.68. The van der Waals surface area contributed by atoms with Gasteiger partial charge >= 0.3 is 0 Å². The van der Waals surface area contributed by atoms with Crippen LogP contribution in [0.1, 0.15) is 5.56 Å². The summed E-state index contributed by atoms with van der Waals surface area (Å²) in [4.78, 5) is 3.79. The van der Waals surface area contributed by atoms with Gasteiger partial charge in [-0.3, -0.25) is 4.98 Å². The van der Waals surface area contributed by atoms with E-state index in [2.05, 4.69) is 4.98 Å². The van der Waals surface area contributed by atoms with E-state index in [1.807, 2.05) is 19.1 Å². The Bertz CT molecular complexity index is 642. The van der Waals surface area contributed by atoms with Gasteiger partial charge in [0.1, 0.15) is 0 Å². The molecule has 96 valence electrons. The third kappa shape index (κ3) is 3.04. The first-order chi connectivity index (χ1) is 7.98. The molecule has 0 fully saturated rings. The van der Waals surface area contributed by atoms with Gasteiger partial charge in [-0.15, -0.1) is 0 Å². The van der Waals surface area contributed by atoms with Crippen molar-refractivity contribution < 1.29 is 25.4 Å². The van der Waals surface area contributed by atoms with Gasteiger partial charge in [0.05, 0.1) is 6.20 Å². The number of rotatable bonds is 2. The van der Waals surface area contributed by atoms with Crippen molar-refractivity contribution in [2.45, 2.75) is 11.8 Å². The van der Waals surface area contributed by atoms with E-state index in [0.717, 1.165) is 5.56 Å². The summed E-state index contributed by atoms with van der Waals surface area (Å²) in [7, 11) is -3.78. The van der Waals surface area contributed by atoms with Gasteiger partial charge in [-0.25, -0.2) is 13.6 Å². The molecular formula is C11H12ClN3O2S. The maximum Gasteiger partial charge on any atom is 0.246 e. The van der Waals surface area contributed by atoms with Gasteiger partial charge < -0.3 is 12.4 Å². The summed E-state index contributed by atoms with van der Waals surface area (Å²) in [5.41, 5.74) is 1.58. The zero-order chi connectivity index (χ0) is 12.5. The average Bonchev–Trinajstić information content (AvgIpc) is 2.29. The summed E-state index contributed by atoms with van der Waals surface area (Å²) < 4.78 is 24.5. The van der Waals surface area contributed by atoms with Crippen molar-refractivity contribution in [3.8, 4) is 5.69 Å². The van der Waals surface area contributed by atoms with Gasteiger partial charge in [0, 0.05) is 24.4 Å². The van der Waals surface area contributed by atoms with Crippen LogP contribution in [0.5, 0.6) is 0 Å². The number of halogens is 1. The second-order valence-corrected chi connectivity index (χ2v) is 5.20. The molecule has 0 aliphatic rings. The molecule has 0 spiro atoms. The van der Waals surface area contributed by atoms with E-state index in [1.54, 1.807) is 23.0 Å². The first kappa shape index (κ1) is 14.6. The van der Waals surface area contributed by atoms with Crippen LogP contribution in [0.3, 0.4) is 0 Å². The van der Waals surface area contributed by atoms with Crippen LogP contribution in [-0.4, -0.2) is 13.4 Å². The SMILES string of the molecule is Cc1cc[n+](-c2ccncc2S(N)(=O)=O)cc1.[Cl-]. The quantitative estimate of drug-likeness (QED) is 0.611. The number of primary sulfonamides is 1. The van der Waals surface area contributed by atoms with Crippen molar-refractivity contribution in [1.82, 2.24) is 4.98 Å². The number of hydrogen-bond acceptors (Lipinski definition) is 3. The molecule has 0 unspecified atom stereocenters. The second kappa shape index (κ2) is 5.43. The third-order valence-corrected chi connectivity index (χ3v) is 3.27. The molecule has 2 N–H and O–H groups in total. The Kier molecular flexibility index (Phi) is 4.39. The predicted molar refractivity (Wildman–Crippen MR) is 61.9 cm³/mol. The molecule has 2 aromatic heterocycles. The number of aromatic nitrogens is 2. The van der Waals surface area contributed by atoms with E-state index in [9.17, 15) is 8.42 Å². The lowest BCUT2D eigenvalue weighted by Crippen LogP contribution is -3.00. The van der Waals surface area contributed by atoms with Gasteiger partial charge in [0.15, 0.2) is 17.3 Å². The topological polar surface area (TPSA) is 76.9 Å². The molecule has 0 bridgehead atoms. The lowest BCUT2D eigenvalue weighted by molar-refractivity contribution is -0.598. The smallest absolute Gasteiger partial charge is 0.246 e. The highest BCUT2D eigenvalue weighted by Gasteiger charge is 2.20. The van der Waals surface area contributed by atoms with E-state index in [1.165, 1.54) is 12.4 Å². The average molecular weight is 286 g/mol. The van der Waals surface area contributed by atoms with E-state index in [0.29, 0.717) is 5.69 Å². The minimum absolute atomic E-state index is 0. The number of sulfonamides is 1. The number of nitrogens with zero attached hydrogens (tertiary/aromatic N) is 2. The largest absolute Gasteiger partial charge is 1.00 e. The summed E-state index contributed by atoms with van der Waals surface area (Å²) in [5.74, 6) is 0. The zero-order valence-electron chi connectivity index (χ0n) is 9.62. The molecule has 0 atom stereocenters. The lowest BCUT2D eigenvalue weighted by Gasteiger charge is -2.01. The van der Waals surface area contributed by atoms with E-state index >= 15 is 0 Å². The monoisotopic (exact) mass is 285 g/mol. The van der Waals surface area contributed by atoms with Gasteiger partial charge in [0.25, 0.3) is 0 Å². The van der Waals surface area contributed by atoms with Crippen molar-refractivity contribution in [2.24, 2.45) is 5.14 Å². The second-order valence-electron chi connectivity index (χ2n) is 3.67. The Morgan fingerprint density at radius 3 is 2.39 bits per heavy atom. The molecule has 2 rings (SSSR count). The molecule has 5 nitrogen and oxygen atoms in total. The van der Waals surface area contributed by atoms with Crippen LogP contribution < -0.4 is 22.1 Å². The molecule has 0 radical (unpaired) electrons. The van der Waals surface area contributed by atoms with Crippen molar-refractivity contribution in [3.05, 3.63) is 48.5 Å². The standard InChI is InChI=1S/C11H12N3O2S.ClH/c1-9-3-6-14(7-4-9)10-2-5-13-8-11(10)17(12,15)16;/h2-8H,1H3,(H2,12,15,16);1H/q+1;/p-1. The summed E-state index contributed by atoms with van der Waals surface area (Å²) in [6, 6.07) is 5.37. The zero-order valence-corrected chi connectivity index (χ0v) is 11.2. The van der Waals surface area contributed by atoms with E-state index in [-0.39, 0.29) is 17.3 Å². The molecule has 7 heteroatoms. The van der Waals surface area contributed by atoms with Crippen molar-refractivity contribution in [2.75, 3.05) is 0 Å². The van der Waals surface area contributed by atoms with Crippen molar-refractivity contribution in [1.29, 1.82) is 0 Å². The normalized spacial score (nSPS) is 10.8. The lowest BCUT2D eigenvalue weighted by atomic mass is 10.3. The highest BCUT2D eigenvalue weighted by atomic mass is 35.5. The first-order valence-corrected chi connectivity index (χ1v) is 6.48. The van der Waals surface area contributed by atoms with Crippen LogP contribution in [0.25, 0.3) is 5.69 Å². The van der Waals surface area contributed by atoms with E-state index < -0.39 is 10.0 Å². The minimum atomic E-state index is -3.78. The highest BCUT2D eigenvalue weighted by Crippen LogP contribution is 2.11. The third-order valence-electron chi connectivity index (χ3n) is 2.34. The maximum atomic E-state index is 11.4. The Hall–Kier alpha value is -1.50. The maximum absolute atomic E-state index is 11.4. The fraction of sp³-hybridized carbons (Fsp3) is 0.0909.